The van der Waals surface area contributed by atoms with E-state index in [0.717, 1.165) is 29.6 Å². The molecule has 0 aliphatic carbocycles. The van der Waals surface area contributed by atoms with Crippen molar-refractivity contribution in [2.45, 2.75) is 82.8 Å². The first kappa shape index (κ1) is 23.5. The second kappa shape index (κ2) is 12.8. The molecule has 26 heavy (non-hydrogen) atoms. The van der Waals surface area contributed by atoms with E-state index in [1.807, 2.05) is 0 Å². The van der Waals surface area contributed by atoms with Gasteiger partial charge in [0.25, 0.3) is 0 Å². The largest absolute Gasteiger partial charge is 0.330 e. The van der Waals surface area contributed by atoms with Crippen molar-refractivity contribution >= 4 is 23.6 Å². The van der Waals surface area contributed by atoms with Crippen molar-refractivity contribution in [1.29, 1.82) is 0 Å². The Bertz CT molecular complexity index is 421. The zero-order valence-corrected chi connectivity index (χ0v) is 18.4. The minimum atomic E-state index is -0.142. The van der Waals surface area contributed by atoms with Gasteiger partial charge in [-0.25, -0.2) is 0 Å². The van der Waals surface area contributed by atoms with Crippen molar-refractivity contribution in [3.8, 4) is 0 Å². The van der Waals surface area contributed by atoms with Crippen LogP contribution in [0, 0.1) is 0 Å². The molecule has 1 heterocycles. The predicted octanol–water partition coefficient (Wildman–Crippen LogP) is 4.47. The summed E-state index contributed by atoms with van der Waals surface area (Å²) in [6.07, 6.45) is 13.1. The van der Waals surface area contributed by atoms with Gasteiger partial charge in [0.15, 0.2) is 0 Å². The summed E-state index contributed by atoms with van der Waals surface area (Å²) in [5.74, 6) is 1.02. The molecule has 1 fully saturated rings. The van der Waals surface area contributed by atoms with Gasteiger partial charge in [-0.3, -0.25) is 14.5 Å². The summed E-state index contributed by atoms with van der Waals surface area (Å²) < 4.78 is 0.893. The second-order valence-corrected chi connectivity index (χ2v) is 9.95. The van der Waals surface area contributed by atoms with E-state index >= 15 is 0 Å². The first-order valence-electron chi connectivity index (χ1n) is 10.6. The molecule has 0 bridgehead atoms. The van der Waals surface area contributed by atoms with E-state index in [0.29, 0.717) is 13.0 Å². The molecule has 0 radical (unpaired) electrons. The van der Waals surface area contributed by atoms with Gasteiger partial charge in [-0.2, -0.15) is 0 Å². The van der Waals surface area contributed by atoms with Gasteiger partial charge in [-0.1, -0.05) is 64.7 Å². The molecule has 1 aliphatic rings. The second-order valence-electron chi connectivity index (χ2n) is 8.64. The summed E-state index contributed by atoms with van der Waals surface area (Å²) in [6, 6.07) is 0. The van der Waals surface area contributed by atoms with Crippen LogP contribution in [0.25, 0.3) is 0 Å². The van der Waals surface area contributed by atoms with E-state index in [1.165, 1.54) is 56.3 Å². The Morgan fingerprint density at radius 3 is 2.00 bits per heavy atom. The number of unbranched alkanes of at least 4 members (excludes halogenated alkanes) is 9. The number of likely N-dealkylation sites (tertiary alicyclic amines) is 1. The Morgan fingerprint density at radius 1 is 0.923 bits per heavy atom. The SMILES string of the molecule is CCCCCCCCCCCCN1C(=O)CC(SCC[N+](C)(C)C)C1=O. The van der Waals surface area contributed by atoms with E-state index in [2.05, 4.69) is 28.1 Å². The highest BCUT2D eigenvalue weighted by atomic mass is 32.2. The summed E-state index contributed by atoms with van der Waals surface area (Å²) in [5, 5.41) is -0.142. The van der Waals surface area contributed by atoms with Gasteiger partial charge in [-0.15, -0.1) is 11.8 Å². The van der Waals surface area contributed by atoms with Gasteiger partial charge in [0.2, 0.25) is 11.8 Å². The topological polar surface area (TPSA) is 37.4 Å². The third-order valence-electron chi connectivity index (χ3n) is 5.02. The van der Waals surface area contributed by atoms with Gasteiger partial charge in [0, 0.05) is 18.7 Å². The fourth-order valence-corrected chi connectivity index (χ4v) is 4.71. The molecule has 1 unspecified atom stereocenters. The molecule has 0 spiro atoms. The van der Waals surface area contributed by atoms with Crippen LogP contribution in [0.1, 0.15) is 77.6 Å². The number of amides is 2. The van der Waals surface area contributed by atoms with Crippen LogP contribution >= 0.6 is 11.8 Å². The normalized spacial score (nSPS) is 18.2. The van der Waals surface area contributed by atoms with Gasteiger partial charge in [0.1, 0.15) is 0 Å². The lowest BCUT2D eigenvalue weighted by atomic mass is 10.1. The molecule has 1 rings (SSSR count). The highest BCUT2D eigenvalue weighted by Gasteiger charge is 2.38. The molecule has 0 N–H and O–H groups in total. The molecule has 0 saturated carbocycles. The third kappa shape index (κ3) is 9.96. The first-order valence-corrected chi connectivity index (χ1v) is 11.7. The Balaban J connectivity index is 2.09. The summed E-state index contributed by atoms with van der Waals surface area (Å²) in [5.41, 5.74) is 0. The van der Waals surface area contributed by atoms with Crippen molar-refractivity contribution in [2.24, 2.45) is 0 Å². The monoisotopic (exact) mass is 385 g/mol. The van der Waals surface area contributed by atoms with Crippen LogP contribution < -0.4 is 0 Å². The first-order chi connectivity index (χ1) is 12.3. The van der Waals surface area contributed by atoms with E-state index in [-0.39, 0.29) is 17.1 Å². The fourth-order valence-electron chi connectivity index (χ4n) is 3.24. The molecule has 1 saturated heterocycles. The average Bonchev–Trinajstić information content (AvgIpc) is 2.82. The lowest BCUT2D eigenvalue weighted by Gasteiger charge is -2.24. The summed E-state index contributed by atoms with van der Waals surface area (Å²) in [7, 11) is 6.46. The molecular formula is C21H41N2O2S+. The Labute approximate surface area is 165 Å². The van der Waals surface area contributed by atoms with Gasteiger partial charge in [-0.05, 0) is 6.42 Å². The molecule has 1 atom stereocenters. The van der Waals surface area contributed by atoms with Crippen molar-refractivity contribution in [3.63, 3.8) is 0 Å². The van der Waals surface area contributed by atoms with E-state index in [1.54, 1.807) is 11.8 Å². The zero-order valence-electron chi connectivity index (χ0n) is 17.6. The van der Waals surface area contributed by atoms with Gasteiger partial charge < -0.3 is 4.48 Å². The van der Waals surface area contributed by atoms with E-state index in [4.69, 9.17) is 0 Å². The maximum absolute atomic E-state index is 12.4. The lowest BCUT2D eigenvalue weighted by Crippen LogP contribution is -2.37. The molecular weight excluding hydrogens is 344 g/mol. The third-order valence-corrected chi connectivity index (χ3v) is 6.21. The maximum Gasteiger partial charge on any atom is 0.242 e. The quantitative estimate of drug-likeness (QED) is 0.237. The van der Waals surface area contributed by atoms with Crippen molar-refractivity contribution in [1.82, 2.24) is 4.90 Å². The molecule has 4 nitrogen and oxygen atoms in total. The van der Waals surface area contributed by atoms with Crippen LogP contribution in [0.5, 0.6) is 0 Å². The summed E-state index contributed by atoms with van der Waals surface area (Å²) >= 11 is 1.66. The Morgan fingerprint density at radius 2 is 1.46 bits per heavy atom. The lowest BCUT2D eigenvalue weighted by molar-refractivity contribution is -0.867. The van der Waals surface area contributed by atoms with Crippen LogP contribution in [0.2, 0.25) is 0 Å². The fraction of sp³-hybridized carbons (Fsp3) is 0.905. The van der Waals surface area contributed by atoms with Crippen molar-refractivity contribution in [3.05, 3.63) is 0 Å². The van der Waals surface area contributed by atoms with Gasteiger partial charge >= 0.3 is 0 Å². The minimum absolute atomic E-state index is 0.0358. The number of imide groups is 1. The van der Waals surface area contributed by atoms with Crippen LogP contribution in [0.15, 0.2) is 0 Å². The van der Waals surface area contributed by atoms with Crippen LogP contribution in [-0.2, 0) is 9.59 Å². The predicted molar refractivity (Wildman–Crippen MR) is 112 cm³/mol. The van der Waals surface area contributed by atoms with Gasteiger partial charge in [0.05, 0.1) is 32.9 Å². The number of carbonyl (C=O) groups excluding carboxylic acids is 2. The van der Waals surface area contributed by atoms with Crippen LogP contribution in [-0.4, -0.2) is 66.4 Å². The molecule has 0 aromatic rings. The molecule has 2 amide bonds. The number of rotatable bonds is 15. The molecule has 152 valence electrons. The Kier molecular flexibility index (Phi) is 11.5. The number of quaternary nitrogens is 1. The maximum atomic E-state index is 12.4. The number of hydrogen-bond acceptors (Lipinski definition) is 3. The van der Waals surface area contributed by atoms with Crippen LogP contribution in [0.3, 0.4) is 0 Å². The Hall–Kier alpha value is -0.550. The number of thioether (sulfide) groups is 1. The molecule has 0 aromatic carbocycles. The number of carbonyl (C=O) groups is 2. The minimum Gasteiger partial charge on any atom is -0.330 e. The highest BCUT2D eigenvalue weighted by molar-refractivity contribution is 8.00. The van der Waals surface area contributed by atoms with Crippen molar-refractivity contribution < 1.29 is 14.1 Å². The summed E-state index contributed by atoms with van der Waals surface area (Å²) in [4.78, 5) is 26.1. The zero-order chi connectivity index (χ0) is 19.4. The number of nitrogens with zero attached hydrogens (tertiary/aromatic N) is 2. The van der Waals surface area contributed by atoms with E-state index < -0.39 is 0 Å². The van der Waals surface area contributed by atoms with E-state index in [9.17, 15) is 9.59 Å². The summed E-state index contributed by atoms with van der Waals surface area (Å²) in [6.45, 7) is 3.89. The molecule has 1 aliphatic heterocycles. The number of hydrogen-bond donors (Lipinski definition) is 0. The van der Waals surface area contributed by atoms with Crippen molar-refractivity contribution in [2.75, 3.05) is 40.0 Å². The highest BCUT2D eigenvalue weighted by Crippen LogP contribution is 2.26. The molecule has 0 aromatic heterocycles. The smallest absolute Gasteiger partial charge is 0.242 e. The standard InChI is InChI=1S/C21H41N2O2S/c1-5-6-7-8-9-10-11-12-13-14-15-22-20(24)18-19(21(22)25)26-17-16-23(2,3)4/h19H,5-18H2,1-4H3/q+1. The average molecular weight is 386 g/mol. The van der Waals surface area contributed by atoms with Crippen LogP contribution in [0.4, 0.5) is 0 Å². The molecule has 5 heteroatoms.